The Morgan fingerprint density at radius 2 is 1.79 bits per heavy atom. The van der Waals surface area contributed by atoms with Gasteiger partial charge >= 0.3 is 0 Å². The van der Waals surface area contributed by atoms with E-state index < -0.39 is 5.41 Å². The summed E-state index contributed by atoms with van der Waals surface area (Å²) in [6.07, 6.45) is 5.47. The molecular weight excluding hydrogens is 232 g/mol. The van der Waals surface area contributed by atoms with Crippen molar-refractivity contribution in [2.24, 2.45) is 5.92 Å². The molecule has 0 amide bonds. The number of hydrogen-bond donors (Lipinski definition) is 1. The van der Waals surface area contributed by atoms with Crippen LogP contribution in [0.5, 0.6) is 0 Å². The van der Waals surface area contributed by atoms with E-state index in [4.69, 9.17) is 5.26 Å². The zero-order chi connectivity index (χ0) is 13.9. The van der Waals surface area contributed by atoms with Crippen LogP contribution >= 0.6 is 0 Å². The molecule has 1 aromatic carbocycles. The highest BCUT2D eigenvalue weighted by molar-refractivity contribution is 5.47. The third-order valence-electron chi connectivity index (χ3n) is 4.39. The van der Waals surface area contributed by atoms with Gasteiger partial charge in [0.25, 0.3) is 0 Å². The van der Waals surface area contributed by atoms with Crippen molar-refractivity contribution in [1.29, 1.82) is 5.26 Å². The van der Waals surface area contributed by atoms with E-state index >= 15 is 0 Å². The van der Waals surface area contributed by atoms with E-state index in [2.05, 4.69) is 42.6 Å². The van der Waals surface area contributed by atoms with Gasteiger partial charge in [0.15, 0.2) is 0 Å². The molecule has 0 spiro atoms. The largest absolute Gasteiger partial charge is 0.382 e. The van der Waals surface area contributed by atoms with Crippen molar-refractivity contribution in [3.05, 3.63) is 29.8 Å². The molecule has 1 saturated carbocycles. The molecular formula is C17H24N2. The highest BCUT2D eigenvalue weighted by atomic mass is 14.9. The van der Waals surface area contributed by atoms with Crippen LogP contribution in [0, 0.1) is 17.2 Å². The van der Waals surface area contributed by atoms with Gasteiger partial charge in [-0.15, -0.1) is 0 Å². The Labute approximate surface area is 116 Å². The summed E-state index contributed by atoms with van der Waals surface area (Å²) in [7, 11) is 0. The summed E-state index contributed by atoms with van der Waals surface area (Å²) in [5.41, 5.74) is 1.83. The molecule has 0 saturated heterocycles. The van der Waals surface area contributed by atoms with Crippen LogP contribution < -0.4 is 5.32 Å². The first-order valence-electron chi connectivity index (χ1n) is 7.31. The maximum atomic E-state index is 9.14. The zero-order valence-corrected chi connectivity index (χ0v) is 12.2. The van der Waals surface area contributed by atoms with E-state index in [-0.39, 0.29) is 0 Å². The Balaban J connectivity index is 2.01. The maximum Gasteiger partial charge on any atom is 0.0766 e. The van der Waals surface area contributed by atoms with Crippen LogP contribution in [0.2, 0.25) is 0 Å². The van der Waals surface area contributed by atoms with Crippen LogP contribution in [-0.2, 0) is 5.41 Å². The summed E-state index contributed by atoms with van der Waals surface area (Å²) in [6, 6.07) is 11.2. The molecule has 1 aliphatic carbocycles. The number of anilines is 1. The molecule has 0 aromatic heterocycles. The molecule has 1 fully saturated rings. The summed E-state index contributed by atoms with van der Waals surface area (Å²) in [4.78, 5) is 0. The average molecular weight is 256 g/mol. The van der Waals surface area contributed by atoms with Gasteiger partial charge in [-0.25, -0.2) is 0 Å². The van der Waals surface area contributed by atoms with Gasteiger partial charge in [-0.1, -0.05) is 25.0 Å². The fraction of sp³-hybridized carbons (Fsp3) is 0.588. The Morgan fingerprint density at radius 3 is 2.32 bits per heavy atom. The van der Waals surface area contributed by atoms with E-state index in [1.807, 2.05) is 13.8 Å². The standard InChI is InChI=1S/C17H24N2/c1-13(14-6-4-5-7-14)19-16-10-8-15(9-11-16)17(2,3)12-18/h8-11,13-14,19H,4-7H2,1-3H3. The summed E-state index contributed by atoms with van der Waals surface area (Å²) < 4.78 is 0. The number of nitrogens with zero attached hydrogens (tertiary/aromatic N) is 1. The minimum absolute atomic E-state index is 0.407. The molecule has 2 heteroatoms. The van der Waals surface area contributed by atoms with Gasteiger partial charge in [0.2, 0.25) is 0 Å². The Bertz CT molecular complexity index is 447. The third-order valence-corrected chi connectivity index (χ3v) is 4.39. The van der Waals surface area contributed by atoms with Crippen LogP contribution in [-0.4, -0.2) is 6.04 Å². The number of nitrogens with one attached hydrogen (secondary N) is 1. The fourth-order valence-corrected chi connectivity index (χ4v) is 2.89. The Morgan fingerprint density at radius 1 is 1.21 bits per heavy atom. The number of nitriles is 1. The van der Waals surface area contributed by atoms with Crippen LogP contribution in [0.15, 0.2) is 24.3 Å². The van der Waals surface area contributed by atoms with Gasteiger partial charge < -0.3 is 5.32 Å². The van der Waals surface area contributed by atoms with Crippen LogP contribution in [0.4, 0.5) is 5.69 Å². The second-order valence-electron chi connectivity index (χ2n) is 6.29. The van der Waals surface area contributed by atoms with Gasteiger partial charge in [-0.05, 0) is 57.2 Å². The van der Waals surface area contributed by atoms with E-state index in [1.54, 1.807) is 0 Å². The molecule has 102 valence electrons. The summed E-state index contributed by atoms with van der Waals surface area (Å²) in [5.74, 6) is 0.815. The Kier molecular flexibility index (Phi) is 4.14. The quantitative estimate of drug-likeness (QED) is 0.862. The molecule has 2 nitrogen and oxygen atoms in total. The van der Waals surface area contributed by atoms with E-state index in [0.717, 1.165) is 17.2 Å². The lowest BCUT2D eigenvalue weighted by Crippen LogP contribution is -2.23. The lowest BCUT2D eigenvalue weighted by molar-refractivity contribution is 0.482. The van der Waals surface area contributed by atoms with E-state index in [0.29, 0.717) is 6.04 Å². The second-order valence-corrected chi connectivity index (χ2v) is 6.29. The van der Waals surface area contributed by atoms with Crippen molar-refractivity contribution < 1.29 is 0 Å². The molecule has 1 aliphatic rings. The zero-order valence-electron chi connectivity index (χ0n) is 12.2. The van der Waals surface area contributed by atoms with Crippen molar-refractivity contribution in [2.45, 2.75) is 57.9 Å². The number of hydrogen-bond acceptors (Lipinski definition) is 2. The highest BCUT2D eigenvalue weighted by Crippen LogP contribution is 2.30. The summed E-state index contributed by atoms with van der Waals surface area (Å²) in [6.45, 7) is 6.19. The summed E-state index contributed by atoms with van der Waals surface area (Å²) >= 11 is 0. The van der Waals surface area contributed by atoms with E-state index in [1.165, 1.54) is 25.7 Å². The predicted octanol–water partition coefficient (Wildman–Crippen LogP) is 4.48. The van der Waals surface area contributed by atoms with E-state index in [9.17, 15) is 0 Å². The molecule has 1 unspecified atom stereocenters. The molecule has 2 rings (SSSR count). The van der Waals surface area contributed by atoms with Gasteiger partial charge in [-0.3, -0.25) is 0 Å². The minimum Gasteiger partial charge on any atom is -0.382 e. The molecule has 1 aromatic rings. The molecule has 0 bridgehead atoms. The van der Waals surface area contributed by atoms with Crippen LogP contribution in [0.1, 0.15) is 52.0 Å². The van der Waals surface area contributed by atoms with Crippen molar-refractivity contribution in [1.82, 2.24) is 0 Å². The fourth-order valence-electron chi connectivity index (χ4n) is 2.89. The predicted molar refractivity (Wildman–Crippen MR) is 80.1 cm³/mol. The molecule has 0 radical (unpaired) electrons. The molecule has 1 atom stereocenters. The first-order valence-corrected chi connectivity index (χ1v) is 7.31. The highest BCUT2D eigenvalue weighted by Gasteiger charge is 2.22. The number of rotatable bonds is 4. The second kappa shape index (κ2) is 5.65. The molecule has 1 N–H and O–H groups in total. The monoisotopic (exact) mass is 256 g/mol. The third kappa shape index (κ3) is 3.29. The van der Waals surface area contributed by atoms with Gasteiger partial charge in [0, 0.05) is 11.7 Å². The van der Waals surface area contributed by atoms with Gasteiger partial charge in [0.05, 0.1) is 11.5 Å². The maximum absolute atomic E-state index is 9.14. The van der Waals surface area contributed by atoms with Crippen LogP contribution in [0.3, 0.4) is 0 Å². The smallest absolute Gasteiger partial charge is 0.0766 e. The van der Waals surface area contributed by atoms with Crippen molar-refractivity contribution >= 4 is 5.69 Å². The van der Waals surface area contributed by atoms with Crippen LogP contribution in [0.25, 0.3) is 0 Å². The minimum atomic E-state index is -0.407. The normalized spacial score (nSPS) is 18.0. The first kappa shape index (κ1) is 13.9. The summed E-state index contributed by atoms with van der Waals surface area (Å²) in [5, 5.41) is 12.7. The first-order chi connectivity index (χ1) is 9.03. The van der Waals surface area contributed by atoms with Gasteiger partial charge in [-0.2, -0.15) is 5.26 Å². The number of benzene rings is 1. The van der Waals surface area contributed by atoms with Crippen molar-refractivity contribution in [2.75, 3.05) is 5.32 Å². The van der Waals surface area contributed by atoms with Crippen molar-refractivity contribution in [3.8, 4) is 6.07 Å². The Hall–Kier alpha value is -1.49. The average Bonchev–Trinajstić information content (AvgIpc) is 2.93. The molecule has 0 aliphatic heterocycles. The van der Waals surface area contributed by atoms with Gasteiger partial charge in [0.1, 0.15) is 0 Å². The molecule has 0 heterocycles. The lowest BCUT2D eigenvalue weighted by Gasteiger charge is -2.22. The van der Waals surface area contributed by atoms with Crippen molar-refractivity contribution in [3.63, 3.8) is 0 Å². The lowest BCUT2D eigenvalue weighted by atomic mass is 9.86. The molecule has 19 heavy (non-hydrogen) atoms. The topological polar surface area (TPSA) is 35.8 Å². The SMILES string of the molecule is CC(Nc1ccc(C(C)(C)C#N)cc1)C1CCCC1.